The first-order chi connectivity index (χ1) is 11.3. The first-order valence-corrected chi connectivity index (χ1v) is 9.57. The number of ether oxygens (including phenoxy) is 1. The molecular formula is C21H32O3. The lowest BCUT2D eigenvalue weighted by Crippen LogP contribution is -2.58. The number of carbonyl (C=O) groups is 2. The van der Waals surface area contributed by atoms with Gasteiger partial charge in [-0.05, 0) is 50.4 Å². The van der Waals surface area contributed by atoms with Gasteiger partial charge in [0.25, 0.3) is 0 Å². The van der Waals surface area contributed by atoms with E-state index in [9.17, 15) is 9.59 Å². The predicted octanol–water partition coefficient (Wildman–Crippen LogP) is 4.20. The molecule has 1 aliphatic heterocycles. The molecule has 2 bridgehead atoms. The summed E-state index contributed by atoms with van der Waals surface area (Å²) < 4.78 is 6.36. The molecule has 3 fully saturated rings. The van der Waals surface area contributed by atoms with Crippen molar-refractivity contribution in [3.8, 4) is 0 Å². The normalized spacial score (nSPS) is 44.9. The smallest absolute Gasteiger partial charge is 0.126 e. The van der Waals surface area contributed by atoms with Crippen LogP contribution in [0.3, 0.4) is 0 Å². The molecule has 3 aliphatic rings. The third-order valence-electron chi connectivity index (χ3n) is 7.56. The Morgan fingerprint density at radius 3 is 2.54 bits per heavy atom. The molecule has 0 radical (unpaired) electrons. The Morgan fingerprint density at radius 1 is 1.17 bits per heavy atom. The summed E-state index contributed by atoms with van der Waals surface area (Å²) in [5, 5.41) is 0. The highest BCUT2D eigenvalue weighted by molar-refractivity contribution is 5.58. The van der Waals surface area contributed by atoms with Gasteiger partial charge in [0.2, 0.25) is 0 Å². The number of hydrogen-bond donors (Lipinski definition) is 0. The Kier molecular flexibility index (Phi) is 4.53. The molecule has 0 N–H and O–H groups in total. The molecule has 0 aromatic rings. The standard InChI is InChI=1S/C21H32O3/c1-5-15(12-22)6-7-18-20(4)11-9-17-19(2,3)10-8-16(13-23)21(17,18)14-24-20/h6-7,12-13,15-18H,5,8-11,14H2,1-4H3/t15?,16?,17-,18-,20+,21-/m0/s1. The largest absolute Gasteiger partial charge is 0.374 e. The molecule has 1 saturated heterocycles. The van der Waals surface area contributed by atoms with Crippen molar-refractivity contribution >= 4 is 12.6 Å². The fourth-order valence-corrected chi connectivity index (χ4v) is 6.08. The van der Waals surface area contributed by atoms with Crippen LogP contribution >= 0.6 is 0 Å². The van der Waals surface area contributed by atoms with Crippen LogP contribution in [0.4, 0.5) is 0 Å². The monoisotopic (exact) mass is 332 g/mol. The lowest BCUT2D eigenvalue weighted by atomic mass is 9.43. The van der Waals surface area contributed by atoms with Crippen molar-refractivity contribution in [3.63, 3.8) is 0 Å². The molecule has 2 aliphatic carbocycles. The number of hydrogen-bond acceptors (Lipinski definition) is 3. The second-order valence-electron chi connectivity index (χ2n) is 9.15. The Morgan fingerprint density at radius 2 is 1.92 bits per heavy atom. The van der Waals surface area contributed by atoms with E-state index in [1.54, 1.807) is 0 Å². The maximum Gasteiger partial charge on any atom is 0.126 e. The minimum absolute atomic E-state index is 0.0314. The van der Waals surface area contributed by atoms with Gasteiger partial charge in [0.15, 0.2) is 0 Å². The van der Waals surface area contributed by atoms with Crippen LogP contribution in [0, 0.1) is 34.5 Å². The van der Waals surface area contributed by atoms with Gasteiger partial charge in [-0.25, -0.2) is 0 Å². The summed E-state index contributed by atoms with van der Waals surface area (Å²) in [5.41, 5.74) is -0.0352. The third-order valence-corrected chi connectivity index (χ3v) is 7.56. The summed E-state index contributed by atoms with van der Waals surface area (Å²) in [4.78, 5) is 23.2. The predicted molar refractivity (Wildman–Crippen MR) is 94.6 cm³/mol. The van der Waals surface area contributed by atoms with Crippen LogP contribution < -0.4 is 0 Å². The van der Waals surface area contributed by atoms with Gasteiger partial charge in [-0.1, -0.05) is 32.9 Å². The molecule has 0 aromatic carbocycles. The highest BCUT2D eigenvalue weighted by Crippen LogP contribution is 2.68. The van der Waals surface area contributed by atoms with Crippen LogP contribution in [0.25, 0.3) is 0 Å². The molecule has 6 atom stereocenters. The zero-order valence-electron chi connectivity index (χ0n) is 15.6. The average molecular weight is 332 g/mol. The highest BCUT2D eigenvalue weighted by atomic mass is 16.5. The Balaban J connectivity index is 2.05. The molecule has 3 nitrogen and oxygen atoms in total. The average Bonchev–Trinajstić information content (AvgIpc) is 2.72. The highest BCUT2D eigenvalue weighted by Gasteiger charge is 2.68. The number of allylic oxidation sites excluding steroid dienone is 1. The summed E-state index contributed by atoms with van der Waals surface area (Å²) in [6, 6.07) is 0. The lowest BCUT2D eigenvalue weighted by molar-refractivity contribution is -0.133. The summed E-state index contributed by atoms with van der Waals surface area (Å²) in [5.74, 6) is 0.780. The van der Waals surface area contributed by atoms with E-state index in [1.807, 2.05) is 6.92 Å². The SMILES string of the molecule is CCC(C=O)C=C[C@@H]1[C@]23CO[C@]1(C)CC[C@H]2C(C)(C)CCC3C=O. The molecule has 24 heavy (non-hydrogen) atoms. The maximum atomic E-state index is 12.0. The van der Waals surface area contributed by atoms with Gasteiger partial charge in [-0.15, -0.1) is 0 Å². The van der Waals surface area contributed by atoms with Crippen LogP contribution in [-0.2, 0) is 14.3 Å². The van der Waals surface area contributed by atoms with E-state index >= 15 is 0 Å². The number of aldehydes is 2. The van der Waals surface area contributed by atoms with E-state index in [0.717, 1.165) is 38.4 Å². The molecule has 1 heterocycles. The van der Waals surface area contributed by atoms with E-state index in [1.165, 1.54) is 6.29 Å². The molecular weight excluding hydrogens is 300 g/mol. The second kappa shape index (κ2) is 6.09. The number of rotatable bonds is 5. The van der Waals surface area contributed by atoms with E-state index in [2.05, 4.69) is 32.9 Å². The quantitative estimate of drug-likeness (QED) is 0.560. The van der Waals surface area contributed by atoms with Crippen LogP contribution in [0.1, 0.15) is 59.8 Å². The molecule has 0 aromatic heterocycles. The van der Waals surface area contributed by atoms with Crippen molar-refractivity contribution < 1.29 is 14.3 Å². The van der Waals surface area contributed by atoms with Crippen molar-refractivity contribution in [1.82, 2.24) is 0 Å². The lowest BCUT2D eigenvalue weighted by Gasteiger charge is -2.59. The summed E-state index contributed by atoms with van der Waals surface area (Å²) in [6.45, 7) is 9.66. The molecule has 3 heteroatoms. The van der Waals surface area contributed by atoms with E-state index in [-0.39, 0.29) is 34.2 Å². The van der Waals surface area contributed by atoms with Gasteiger partial charge < -0.3 is 14.3 Å². The first kappa shape index (κ1) is 17.8. The molecule has 1 spiro atoms. The van der Waals surface area contributed by atoms with Gasteiger partial charge in [0.05, 0.1) is 12.2 Å². The van der Waals surface area contributed by atoms with Gasteiger partial charge in [-0.2, -0.15) is 0 Å². The van der Waals surface area contributed by atoms with Crippen molar-refractivity contribution in [1.29, 1.82) is 0 Å². The zero-order valence-corrected chi connectivity index (χ0v) is 15.6. The van der Waals surface area contributed by atoms with Crippen LogP contribution in [-0.4, -0.2) is 24.8 Å². The Hall–Kier alpha value is -0.960. The van der Waals surface area contributed by atoms with Crippen LogP contribution in [0.2, 0.25) is 0 Å². The summed E-state index contributed by atoms with van der Waals surface area (Å²) >= 11 is 0. The van der Waals surface area contributed by atoms with Gasteiger partial charge >= 0.3 is 0 Å². The van der Waals surface area contributed by atoms with E-state index < -0.39 is 0 Å². The van der Waals surface area contributed by atoms with Gasteiger partial charge in [0, 0.05) is 23.2 Å². The van der Waals surface area contributed by atoms with Gasteiger partial charge in [0.1, 0.15) is 12.6 Å². The van der Waals surface area contributed by atoms with Crippen molar-refractivity contribution in [2.75, 3.05) is 6.61 Å². The fourth-order valence-electron chi connectivity index (χ4n) is 6.08. The molecule has 2 saturated carbocycles. The molecule has 0 amide bonds. The molecule has 134 valence electrons. The number of carbonyl (C=O) groups excluding carboxylic acids is 2. The van der Waals surface area contributed by atoms with Crippen molar-refractivity contribution in [2.24, 2.45) is 34.5 Å². The maximum absolute atomic E-state index is 12.0. The summed E-state index contributed by atoms with van der Waals surface area (Å²) in [7, 11) is 0. The topological polar surface area (TPSA) is 43.4 Å². The van der Waals surface area contributed by atoms with Crippen LogP contribution in [0.5, 0.6) is 0 Å². The first-order valence-electron chi connectivity index (χ1n) is 9.57. The Bertz CT molecular complexity index is 537. The summed E-state index contributed by atoms with van der Waals surface area (Å²) in [6.07, 6.45) is 11.6. The minimum atomic E-state index is -0.192. The van der Waals surface area contributed by atoms with Crippen molar-refractivity contribution in [2.45, 2.75) is 65.4 Å². The third kappa shape index (κ3) is 2.42. The van der Waals surface area contributed by atoms with Gasteiger partial charge in [-0.3, -0.25) is 0 Å². The van der Waals surface area contributed by atoms with Crippen molar-refractivity contribution in [3.05, 3.63) is 12.2 Å². The second-order valence-corrected chi connectivity index (χ2v) is 9.15. The van der Waals surface area contributed by atoms with Crippen LogP contribution in [0.15, 0.2) is 12.2 Å². The van der Waals surface area contributed by atoms with E-state index in [4.69, 9.17) is 4.74 Å². The molecule has 3 rings (SSSR count). The minimum Gasteiger partial charge on any atom is -0.374 e. The van der Waals surface area contributed by atoms with E-state index in [0.29, 0.717) is 12.5 Å². The Labute approximate surface area is 146 Å². The zero-order chi connectivity index (χ0) is 17.6. The fraction of sp³-hybridized carbons (Fsp3) is 0.810. The molecule has 2 unspecified atom stereocenters. The number of fused-ring (bicyclic) bond motifs is 1.